The Morgan fingerprint density at radius 3 is 2.61 bits per heavy atom. The number of nitrogens with one attached hydrogen (secondary N) is 2. The molecular weight excluding hydrogens is 418 g/mol. The number of amides is 4. The molecule has 4 heterocycles. The van der Waals surface area contributed by atoms with Crippen molar-refractivity contribution in [2.75, 3.05) is 13.1 Å². The van der Waals surface area contributed by atoms with Gasteiger partial charge in [-0.05, 0) is 54.7 Å². The molecule has 2 N–H and O–H groups in total. The van der Waals surface area contributed by atoms with Crippen LogP contribution in [0.1, 0.15) is 47.8 Å². The number of hydrogen-bond donors (Lipinski definition) is 2. The summed E-state index contributed by atoms with van der Waals surface area (Å²) in [5.74, 6) is -0.562. The molecule has 2 saturated heterocycles. The van der Waals surface area contributed by atoms with E-state index in [-0.39, 0.29) is 23.8 Å². The summed E-state index contributed by atoms with van der Waals surface area (Å²) in [4.78, 5) is 44.0. The number of carbonyl (C=O) groups excluding carboxylic acids is 3. The number of likely N-dealkylation sites (tertiary alicyclic amines) is 1. The van der Waals surface area contributed by atoms with Crippen molar-refractivity contribution >= 4 is 28.9 Å². The van der Waals surface area contributed by atoms with Gasteiger partial charge in [-0.15, -0.1) is 0 Å². The number of pyridine rings is 1. The highest BCUT2D eigenvalue weighted by atomic mass is 16.2. The van der Waals surface area contributed by atoms with Crippen LogP contribution in [0.5, 0.6) is 0 Å². The van der Waals surface area contributed by atoms with Crippen molar-refractivity contribution in [3.63, 3.8) is 0 Å². The minimum Gasteiger partial charge on any atom is -0.336 e. The second-order valence-corrected chi connectivity index (χ2v) is 9.29. The number of hydrogen-bond acceptors (Lipinski definition) is 4. The van der Waals surface area contributed by atoms with E-state index >= 15 is 0 Å². The van der Waals surface area contributed by atoms with E-state index < -0.39 is 11.6 Å². The summed E-state index contributed by atoms with van der Waals surface area (Å²) >= 11 is 0. The number of rotatable bonds is 4. The minimum absolute atomic E-state index is 0.0391. The zero-order valence-corrected chi connectivity index (χ0v) is 19.0. The van der Waals surface area contributed by atoms with E-state index in [9.17, 15) is 14.4 Å². The van der Waals surface area contributed by atoms with Crippen LogP contribution in [0, 0.1) is 12.8 Å². The normalized spacial score (nSPS) is 22.8. The summed E-state index contributed by atoms with van der Waals surface area (Å²) in [6.07, 6.45) is 4.79. The molecule has 0 spiro atoms. The first-order valence-corrected chi connectivity index (χ1v) is 11.3. The molecule has 0 aliphatic carbocycles. The second-order valence-electron chi connectivity index (χ2n) is 9.29. The van der Waals surface area contributed by atoms with E-state index in [1.165, 1.54) is 0 Å². The number of carbonyl (C=O) groups is 3. The zero-order valence-electron chi connectivity index (χ0n) is 19.0. The van der Waals surface area contributed by atoms with Crippen molar-refractivity contribution < 1.29 is 14.4 Å². The van der Waals surface area contributed by atoms with Crippen LogP contribution in [0.4, 0.5) is 4.79 Å². The van der Waals surface area contributed by atoms with Crippen LogP contribution in [-0.2, 0) is 10.3 Å². The molecular formula is C25H27N5O3. The van der Waals surface area contributed by atoms with Gasteiger partial charge in [-0.25, -0.2) is 9.78 Å². The lowest BCUT2D eigenvalue weighted by Gasteiger charge is -2.30. The largest absolute Gasteiger partial charge is 0.336 e. The lowest BCUT2D eigenvalue weighted by Crippen LogP contribution is -2.48. The highest BCUT2D eigenvalue weighted by Gasteiger charge is 2.50. The van der Waals surface area contributed by atoms with E-state index in [0.29, 0.717) is 24.2 Å². The molecule has 2 fully saturated rings. The van der Waals surface area contributed by atoms with E-state index in [0.717, 1.165) is 23.0 Å². The van der Waals surface area contributed by atoms with Crippen molar-refractivity contribution in [1.82, 2.24) is 25.1 Å². The molecule has 33 heavy (non-hydrogen) atoms. The van der Waals surface area contributed by atoms with Gasteiger partial charge in [0.1, 0.15) is 11.2 Å². The standard InChI is InChI=1S/C25H27N5O3/c1-15(2)25(23(32)27-24(33)28-25)19-6-4-17(5-7-19)22(31)29-10-9-20(14-29)30-11-8-18-12-16(3)13-26-21(18)30/h4-8,11-13,15,20H,9-10,14H2,1-3H3,(H2,27,28,32,33). The van der Waals surface area contributed by atoms with Gasteiger partial charge in [-0.2, -0.15) is 0 Å². The Kier molecular flexibility index (Phi) is 4.96. The first kappa shape index (κ1) is 21.2. The monoisotopic (exact) mass is 445 g/mol. The Hall–Kier alpha value is -3.68. The van der Waals surface area contributed by atoms with E-state index in [1.54, 1.807) is 24.3 Å². The molecule has 4 amide bonds. The maximum atomic E-state index is 13.2. The zero-order chi connectivity index (χ0) is 23.3. The number of fused-ring (bicyclic) bond motifs is 1. The Balaban J connectivity index is 1.34. The molecule has 2 atom stereocenters. The molecule has 2 aromatic heterocycles. The van der Waals surface area contributed by atoms with Crippen molar-refractivity contribution in [2.24, 2.45) is 5.92 Å². The van der Waals surface area contributed by atoms with Gasteiger partial charge in [-0.1, -0.05) is 26.0 Å². The summed E-state index contributed by atoms with van der Waals surface area (Å²) in [7, 11) is 0. The number of aromatic nitrogens is 2. The van der Waals surface area contributed by atoms with Gasteiger partial charge in [0.2, 0.25) is 0 Å². The SMILES string of the molecule is Cc1cnc2c(ccn2C2CCN(C(=O)c3ccc(C4(C(C)C)NC(=O)NC4=O)cc3)C2)c1. The maximum absolute atomic E-state index is 13.2. The minimum atomic E-state index is -1.13. The number of urea groups is 1. The van der Waals surface area contributed by atoms with E-state index in [2.05, 4.69) is 38.5 Å². The third kappa shape index (κ3) is 3.37. The van der Waals surface area contributed by atoms with Crippen LogP contribution < -0.4 is 10.6 Å². The Bertz CT molecular complexity index is 1260. The third-order valence-electron chi connectivity index (χ3n) is 6.88. The van der Waals surface area contributed by atoms with E-state index in [1.807, 2.05) is 31.9 Å². The topological polar surface area (TPSA) is 96.3 Å². The molecule has 0 bridgehead atoms. The fraction of sp³-hybridized carbons (Fsp3) is 0.360. The van der Waals surface area contributed by atoms with Crippen molar-refractivity contribution in [3.8, 4) is 0 Å². The Morgan fingerprint density at radius 1 is 1.18 bits per heavy atom. The number of aryl methyl sites for hydroxylation is 1. The Labute approximate surface area is 192 Å². The van der Waals surface area contributed by atoms with Crippen molar-refractivity contribution in [1.29, 1.82) is 0 Å². The molecule has 8 heteroatoms. The predicted molar refractivity (Wildman–Crippen MR) is 124 cm³/mol. The quantitative estimate of drug-likeness (QED) is 0.603. The molecule has 1 aromatic carbocycles. The van der Waals surface area contributed by atoms with Crippen LogP contribution in [0.15, 0.2) is 48.8 Å². The van der Waals surface area contributed by atoms with Gasteiger partial charge in [0.25, 0.3) is 11.8 Å². The summed E-state index contributed by atoms with van der Waals surface area (Å²) in [5, 5.41) is 6.21. The highest BCUT2D eigenvalue weighted by Crippen LogP contribution is 2.33. The van der Waals surface area contributed by atoms with Crippen LogP contribution >= 0.6 is 0 Å². The van der Waals surface area contributed by atoms with Crippen LogP contribution in [-0.4, -0.2) is 45.4 Å². The van der Waals surface area contributed by atoms with Crippen molar-refractivity contribution in [3.05, 3.63) is 65.5 Å². The van der Waals surface area contributed by atoms with Gasteiger partial charge >= 0.3 is 6.03 Å². The first-order chi connectivity index (χ1) is 15.8. The summed E-state index contributed by atoms with van der Waals surface area (Å²) in [5.41, 5.74) is 2.17. The maximum Gasteiger partial charge on any atom is 0.322 e. The molecule has 0 saturated carbocycles. The van der Waals surface area contributed by atoms with Gasteiger partial charge in [0.15, 0.2) is 0 Å². The second kappa shape index (κ2) is 7.72. The predicted octanol–water partition coefficient (Wildman–Crippen LogP) is 3.12. The smallest absolute Gasteiger partial charge is 0.322 e. The average Bonchev–Trinajstić information content (AvgIpc) is 3.50. The van der Waals surface area contributed by atoms with E-state index in [4.69, 9.17) is 0 Å². The number of imide groups is 1. The highest BCUT2D eigenvalue weighted by molar-refractivity contribution is 6.07. The lowest BCUT2D eigenvalue weighted by molar-refractivity contribution is -0.125. The molecule has 5 rings (SSSR count). The fourth-order valence-electron chi connectivity index (χ4n) is 5.07. The fourth-order valence-corrected chi connectivity index (χ4v) is 5.07. The molecule has 170 valence electrons. The molecule has 0 radical (unpaired) electrons. The summed E-state index contributed by atoms with van der Waals surface area (Å²) in [6, 6.07) is 10.9. The number of nitrogens with zero attached hydrogens (tertiary/aromatic N) is 3. The average molecular weight is 446 g/mol. The molecule has 2 aliphatic rings. The van der Waals surface area contributed by atoms with Gasteiger partial charge in [0.05, 0.1) is 6.04 Å². The van der Waals surface area contributed by atoms with Gasteiger partial charge in [0, 0.05) is 36.4 Å². The first-order valence-electron chi connectivity index (χ1n) is 11.3. The third-order valence-corrected chi connectivity index (χ3v) is 6.88. The summed E-state index contributed by atoms with van der Waals surface area (Å²) in [6.45, 7) is 7.09. The number of benzene rings is 1. The Morgan fingerprint density at radius 2 is 1.94 bits per heavy atom. The molecule has 2 unspecified atom stereocenters. The molecule has 3 aromatic rings. The van der Waals surface area contributed by atoms with Crippen LogP contribution in [0.2, 0.25) is 0 Å². The van der Waals surface area contributed by atoms with Crippen LogP contribution in [0.3, 0.4) is 0 Å². The van der Waals surface area contributed by atoms with Crippen LogP contribution in [0.25, 0.3) is 11.0 Å². The van der Waals surface area contributed by atoms with Crippen molar-refractivity contribution in [2.45, 2.75) is 38.8 Å². The summed E-state index contributed by atoms with van der Waals surface area (Å²) < 4.78 is 2.17. The van der Waals surface area contributed by atoms with Gasteiger partial charge < -0.3 is 14.8 Å². The van der Waals surface area contributed by atoms with Gasteiger partial charge in [-0.3, -0.25) is 14.9 Å². The lowest BCUT2D eigenvalue weighted by atomic mass is 9.79. The molecule has 2 aliphatic heterocycles. The molecule has 8 nitrogen and oxygen atoms in total.